The van der Waals surface area contributed by atoms with E-state index in [1.165, 1.54) is 5.56 Å². The molecule has 0 spiro atoms. The first kappa shape index (κ1) is 14.8. The molecular formula is C16H18NO2S-. The van der Waals surface area contributed by atoms with Crippen molar-refractivity contribution in [3.63, 3.8) is 0 Å². The Morgan fingerprint density at radius 2 is 1.60 bits per heavy atom. The molecule has 2 aromatic carbocycles. The summed E-state index contributed by atoms with van der Waals surface area (Å²) in [4.78, 5) is 1.82. The zero-order valence-corrected chi connectivity index (χ0v) is 12.7. The summed E-state index contributed by atoms with van der Waals surface area (Å²) in [5.41, 5.74) is 5.18. The van der Waals surface area contributed by atoms with Crippen molar-refractivity contribution in [2.24, 2.45) is 0 Å². The maximum Gasteiger partial charge on any atom is 0.0854 e. The summed E-state index contributed by atoms with van der Waals surface area (Å²) in [6.45, 7) is 6.03. The lowest BCUT2D eigenvalue weighted by Gasteiger charge is -2.27. The summed E-state index contributed by atoms with van der Waals surface area (Å²) in [6, 6.07) is 13.9. The fourth-order valence-corrected chi connectivity index (χ4v) is 2.72. The van der Waals surface area contributed by atoms with Crippen LogP contribution in [0.2, 0.25) is 0 Å². The van der Waals surface area contributed by atoms with E-state index in [0.29, 0.717) is 0 Å². The predicted octanol–water partition coefficient (Wildman–Crippen LogP) is 3.59. The standard InChI is InChI=1S/C16H19NO2S/c1-12-4-7-15(8-5-12)17(11-20(18)19)16-9-6-13(2)10-14(16)3/h4-10H,11H2,1-3H3,(H,18,19)/p-1. The second-order valence-corrected chi connectivity index (χ2v) is 5.85. The Labute approximate surface area is 122 Å². The van der Waals surface area contributed by atoms with E-state index in [1.807, 2.05) is 62.1 Å². The van der Waals surface area contributed by atoms with Crippen molar-refractivity contribution in [1.82, 2.24) is 0 Å². The monoisotopic (exact) mass is 288 g/mol. The fraction of sp³-hybridized carbons (Fsp3) is 0.250. The van der Waals surface area contributed by atoms with E-state index in [0.717, 1.165) is 22.5 Å². The van der Waals surface area contributed by atoms with Gasteiger partial charge in [0.2, 0.25) is 0 Å². The van der Waals surface area contributed by atoms with Crippen LogP contribution >= 0.6 is 0 Å². The van der Waals surface area contributed by atoms with Gasteiger partial charge in [-0.05, 0) is 55.6 Å². The van der Waals surface area contributed by atoms with Crippen LogP contribution in [-0.2, 0) is 11.1 Å². The van der Waals surface area contributed by atoms with Crippen LogP contribution in [0.3, 0.4) is 0 Å². The van der Waals surface area contributed by atoms with E-state index in [9.17, 15) is 8.76 Å². The molecule has 4 heteroatoms. The van der Waals surface area contributed by atoms with Gasteiger partial charge >= 0.3 is 0 Å². The highest BCUT2D eigenvalue weighted by Gasteiger charge is 2.11. The van der Waals surface area contributed by atoms with Crippen molar-refractivity contribution >= 4 is 22.5 Å². The first-order valence-corrected chi connectivity index (χ1v) is 7.69. The second-order valence-electron chi connectivity index (χ2n) is 4.99. The van der Waals surface area contributed by atoms with Gasteiger partial charge in [-0.25, -0.2) is 0 Å². The molecule has 1 atom stereocenters. The molecular weight excluding hydrogens is 270 g/mol. The van der Waals surface area contributed by atoms with Crippen LogP contribution < -0.4 is 4.90 Å². The quantitative estimate of drug-likeness (QED) is 0.808. The maximum atomic E-state index is 11.2. The van der Waals surface area contributed by atoms with Gasteiger partial charge < -0.3 is 9.45 Å². The highest BCUT2D eigenvalue weighted by atomic mass is 32.2. The minimum Gasteiger partial charge on any atom is -0.771 e. The average Bonchev–Trinajstić information content (AvgIpc) is 2.37. The highest BCUT2D eigenvalue weighted by molar-refractivity contribution is 7.79. The molecule has 0 aliphatic heterocycles. The van der Waals surface area contributed by atoms with Gasteiger partial charge in [-0.3, -0.25) is 4.21 Å². The van der Waals surface area contributed by atoms with Crippen LogP contribution in [0.5, 0.6) is 0 Å². The Bertz CT molecular complexity index is 623. The normalized spacial score (nSPS) is 12.2. The highest BCUT2D eigenvalue weighted by Crippen LogP contribution is 2.29. The molecule has 0 aromatic heterocycles. The molecule has 2 rings (SSSR count). The number of aryl methyl sites for hydroxylation is 3. The van der Waals surface area contributed by atoms with Crippen molar-refractivity contribution in [1.29, 1.82) is 0 Å². The SMILES string of the molecule is Cc1ccc(N(CS(=O)[O-])c2ccc(C)cc2C)cc1. The first-order valence-electron chi connectivity index (χ1n) is 6.44. The molecule has 20 heavy (non-hydrogen) atoms. The van der Waals surface area contributed by atoms with Gasteiger partial charge in [0.05, 0.1) is 5.88 Å². The first-order chi connectivity index (χ1) is 9.47. The van der Waals surface area contributed by atoms with E-state index >= 15 is 0 Å². The van der Waals surface area contributed by atoms with Gasteiger partial charge in [0.1, 0.15) is 0 Å². The van der Waals surface area contributed by atoms with Crippen LogP contribution in [0.25, 0.3) is 0 Å². The molecule has 1 unspecified atom stereocenters. The van der Waals surface area contributed by atoms with Gasteiger partial charge in [0.25, 0.3) is 0 Å². The minimum atomic E-state index is -2.14. The van der Waals surface area contributed by atoms with E-state index in [-0.39, 0.29) is 5.88 Å². The molecule has 0 saturated heterocycles. The van der Waals surface area contributed by atoms with Crippen LogP contribution in [0.1, 0.15) is 16.7 Å². The molecule has 0 aliphatic carbocycles. The fourth-order valence-electron chi connectivity index (χ4n) is 2.22. The van der Waals surface area contributed by atoms with Crippen LogP contribution in [0.4, 0.5) is 11.4 Å². The predicted molar refractivity (Wildman–Crippen MR) is 83.0 cm³/mol. The maximum absolute atomic E-state index is 11.2. The molecule has 0 fully saturated rings. The van der Waals surface area contributed by atoms with Gasteiger partial charge in [-0.2, -0.15) is 0 Å². The lowest BCUT2D eigenvalue weighted by Crippen LogP contribution is -2.22. The smallest absolute Gasteiger partial charge is 0.0854 e. The third-order valence-electron chi connectivity index (χ3n) is 3.22. The van der Waals surface area contributed by atoms with Gasteiger partial charge in [0.15, 0.2) is 0 Å². The molecule has 0 saturated carbocycles. The summed E-state index contributed by atoms with van der Waals surface area (Å²) in [7, 11) is 0. The summed E-state index contributed by atoms with van der Waals surface area (Å²) in [6.07, 6.45) is 0. The molecule has 0 radical (unpaired) electrons. The number of anilines is 2. The van der Waals surface area contributed by atoms with E-state index in [1.54, 1.807) is 0 Å². The zero-order chi connectivity index (χ0) is 14.7. The summed E-state index contributed by atoms with van der Waals surface area (Å²) in [5, 5.41) is 0. The Morgan fingerprint density at radius 3 is 2.15 bits per heavy atom. The minimum absolute atomic E-state index is 0.0486. The molecule has 0 aliphatic rings. The molecule has 3 nitrogen and oxygen atoms in total. The molecule has 0 N–H and O–H groups in total. The Hall–Kier alpha value is -1.65. The Kier molecular flexibility index (Phi) is 4.57. The molecule has 106 valence electrons. The van der Waals surface area contributed by atoms with E-state index in [4.69, 9.17) is 0 Å². The second kappa shape index (κ2) is 6.20. The summed E-state index contributed by atoms with van der Waals surface area (Å²) in [5.74, 6) is -0.0486. The van der Waals surface area contributed by atoms with Crippen LogP contribution in [0.15, 0.2) is 42.5 Å². The van der Waals surface area contributed by atoms with Crippen molar-refractivity contribution in [2.75, 3.05) is 10.8 Å². The van der Waals surface area contributed by atoms with Gasteiger partial charge in [-0.1, -0.05) is 35.4 Å². The molecule has 0 heterocycles. The zero-order valence-electron chi connectivity index (χ0n) is 11.9. The number of hydrogen-bond donors (Lipinski definition) is 0. The lowest BCUT2D eigenvalue weighted by molar-refractivity contribution is 0.537. The van der Waals surface area contributed by atoms with Crippen LogP contribution in [-0.4, -0.2) is 14.6 Å². The number of rotatable bonds is 4. The number of hydrogen-bond acceptors (Lipinski definition) is 3. The largest absolute Gasteiger partial charge is 0.771 e. The number of benzene rings is 2. The van der Waals surface area contributed by atoms with Gasteiger partial charge in [-0.15, -0.1) is 0 Å². The van der Waals surface area contributed by atoms with Crippen molar-refractivity contribution in [2.45, 2.75) is 20.8 Å². The lowest BCUT2D eigenvalue weighted by atomic mass is 10.1. The third kappa shape index (κ3) is 3.46. The Balaban J connectivity index is 2.46. The van der Waals surface area contributed by atoms with E-state index in [2.05, 4.69) is 6.07 Å². The third-order valence-corrected chi connectivity index (χ3v) is 3.69. The molecule has 0 bridgehead atoms. The van der Waals surface area contributed by atoms with Crippen LogP contribution in [0, 0.1) is 20.8 Å². The van der Waals surface area contributed by atoms with Crippen molar-refractivity contribution in [3.8, 4) is 0 Å². The number of nitrogens with zero attached hydrogens (tertiary/aromatic N) is 1. The van der Waals surface area contributed by atoms with Crippen molar-refractivity contribution < 1.29 is 8.76 Å². The van der Waals surface area contributed by atoms with Gasteiger partial charge in [0, 0.05) is 11.4 Å². The summed E-state index contributed by atoms with van der Waals surface area (Å²) < 4.78 is 22.3. The topological polar surface area (TPSA) is 43.4 Å². The molecule has 2 aromatic rings. The van der Waals surface area contributed by atoms with Crippen molar-refractivity contribution in [3.05, 3.63) is 59.2 Å². The molecule has 0 amide bonds. The van der Waals surface area contributed by atoms with E-state index < -0.39 is 11.1 Å². The summed E-state index contributed by atoms with van der Waals surface area (Å²) >= 11 is -2.14. The Morgan fingerprint density at radius 1 is 1.00 bits per heavy atom. The average molecular weight is 288 g/mol.